The van der Waals surface area contributed by atoms with Gasteiger partial charge in [-0.15, -0.1) is 0 Å². The molecule has 0 saturated carbocycles. The molecule has 22 heavy (non-hydrogen) atoms. The van der Waals surface area contributed by atoms with Gasteiger partial charge in [0.15, 0.2) is 0 Å². The maximum atomic E-state index is 9.91. The Morgan fingerprint density at radius 2 is 1.86 bits per heavy atom. The maximum Gasteiger partial charge on any atom is 0.492 e. The molecule has 1 heterocycles. The van der Waals surface area contributed by atoms with Gasteiger partial charge in [0, 0.05) is 5.56 Å². The predicted molar refractivity (Wildman–Crippen MR) is 84.0 cm³/mol. The summed E-state index contributed by atoms with van der Waals surface area (Å²) < 4.78 is 11.8. The van der Waals surface area contributed by atoms with E-state index in [-0.39, 0.29) is 12.4 Å². The lowest BCUT2D eigenvalue weighted by Crippen LogP contribution is -2.41. The maximum absolute atomic E-state index is 9.91. The first-order valence-corrected chi connectivity index (χ1v) is 7.10. The molecular formula is C16H20BNO4. The fourth-order valence-corrected chi connectivity index (χ4v) is 2.12. The third-order valence-electron chi connectivity index (χ3n) is 4.24. The summed E-state index contributed by atoms with van der Waals surface area (Å²) in [6.07, 6.45) is 1.60. The average Bonchev–Trinajstić information content (AvgIpc) is 2.66. The highest BCUT2D eigenvalue weighted by Gasteiger charge is 2.52. The quantitative estimate of drug-likeness (QED) is 0.837. The Morgan fingerprint density at radius 3 is 2.36 bits per heavy atom. The van der Waals surface area contributed by atoms with Crippen molar-refractivity contribution in [1.29, 1.82) is 5.26 Å². The molecule has 2 rings (SSSR count). The SMILES string of the molecule is CC1(C)OB(C(=Cc2cc(C#N)ccc2O)CO)OC1(C)C. The van der Waals surface area contributed by atoms with Crippen molar-refractivity contribution < 1.29 is 19.5 Å². The fraction of sp³-hybridized carbons (Fsp3) is 0.438. The standard InChI is InChI=1S/C16H20BNO4/c1-15(2)16(3,4)22-17(21-15)13(10-19)8-12-7-11(9-18)5-6-14(12)20/h5-8,19-20H,10H2,1-4H3. The van der Waals surface area contributed by atoms with Crippen molar-refractivity contribution in [1.82, 2.24) is 0 Å². The summed E-state index contributed by atoms with van der Waals surface area (Å²) in [6, 6.07) is 6.54. The molecule has 0 amide bonds. The van der Waals surface area contributed by atoms with E-state index in [1.165, 1.54) is 12.1 Å². The van der Waals surface area contributed by atoms with Gasteiger partial charge >= 0.3 is 7.12 Å². The molecule has 2 N–H and O–H groups in total. The highest BCUT2D eigenvalue weighted by molar-refractivity contribution is 6.55. The molecular weight excluding hydrogens is 281 g/mol. The topological polar surface area (TPSA) is 82.7 Å². The summed E-state index contributed by atoms with van der Waals surface area (Å²) >= 11 is 0. The largest absolute Gasteiger partial charge is 0.507 e. The Labute approximate surface area is 130 Å². The molecule has 5 nitrogen and oxygen atoms in total. The zero-order chi connectivity index (χ0) is 16.5. The van der Waals surface area contributed by atoms with Gasteiger partial charge in [-0.1, -0.05) is 6.08 Å². The number of aromatic hydroxyl groups is 1. The number of hydrogen-bond acceptors (Lipinski definition) is 5. The first kappa shape index (κ1) is 16.6. The van der Waals surface area contributed by atoms with Gasteiger partial charge in [-0.05, 0) is 51.4 Å². The minimum absolute atomic E-state index is 0.0291. The minimum atomic E-state index is -0.694. The third kappa shape index (κ3) is 3.02. The molecule has 0 unspecified atom stereocenters. The summed E-state index contributed by atoms with van der Waals surface area (Å²) in [5, 5.41) is 28.5. The van der Waals surface area contributed by atoms with Gasteiger partial charge in [-0.3, -0.25) is 0 Å². The van der Waals surface area contributed by atoms with Crippen LogP contribution in [0, 0.1) is 11.3 Å². The molecule has 0 bridgehead atoms. The number of aliphatic hydroxyl groups excluding tert-OH is 1. The number of nitriles is 1. The number of phenolic OH excluding ortho intramolecular Hbond substituents is 1. The number of nitrogens with zero attached hydrogens (tertiary/aromatic N) is 1. The van der Waals surface area contributed by atoms with E-state index in [1.54, 1.807) is 12.1 Å². The Kier molecular flexibility index (Phi) is 4.34. The second kappa shape index (κ2) is 5.77. The van der Waals surface area contributed by atoms with Crippen molar-refractivity contribution >= 4 is 13.2 Å². The second-order valence-corrected chi connectivity index (χ2v) is 6.35. The van der Waals surface area contributed by atoms with Crippen molar-refractivity contribution in [2.45, 2.75) is 38.9 Å². The first-order valence-electron chi connectivity index (χ1n) is 7.10. The lowest BCUT2D eigenvalue weighted by atomic mass is 9.77. The van der Waals surface area contributed by atoms with Crippen molar-refractivity contribution in [3.63, 3.8) is 0 Å². The van der Waals surface area contributed by atoms with Crippen LogP contribution in [0.3, 0.4) is 0 Å². The Morgan fingerprint density at radius 1 is 1.27 bits per heavy atom. The molecule has 1 aromatic carbocycles. The van der Waals surface area contributed by atoms with Crippen LogP contribution >= 0.6 is 0 Å². The van der Waals surface area contributed by atoms with Gasteiger partial charge in [0.2, 0.25) is 0 Å². The van der Waals surface area contributed by atoms with Gasteiger partial charge in [-0.25, -0.2) is 0 Å². The van der Waals surface area contributed by atoms with Gasteiger partial charge < -0.3 is 19.5 Å². The van der Waals surface area contributed by atoms with Gasteiger partial charge in [-0.2, -0.15) is 5.26 Å². The molecule has 0 spiro atoms. The summed E-state index contributed by atoms with van der Waals surface area (Å²) in [5.74, 6) is 0.0291. The van der Waals surface area contributed by atoms with Crippen LogP contribution in [0.15, 0.2) is 23.7 Å². The zero-order valence-corrected chi connectivity index (χ0v) is 13.3. The fourth-order valence-electron chi connectivity index (χ4n) is 2.12. The van der Waals surface area contributed by atoms with Crippen molar-refractivity contribution in [2.75, 3.05) is 6.61 Å². The summed E-state index contributed by atoms with van der Waals surface area (Å²) in [5.41, 5.74) is 0.336. The third-order valence-corrected chi connectivity index (χ3v) is 4.24. The Hall–Kier alpha value is -1.81. The van der Waals surface area contributed by atoms with E-state index >= 15 is 0 Å². The van der Waals surface area contributed by atoms with E-state index in [0.29, 0.717) is 16.6 Å². The summed E-state index contributed by atoms with van der Waals surface area (Å²) in [6.45, 7) is 7.43. The Balaban J connectivity index is 2.36. The van der Waals surface area contributed by atoms with Crippen LogP contribution in [0.4, 0.5) is 0 Å². The summed E-state index contributed by atoms with van der Waals surface area (Å²) in [7, 11) is -0.694. The lowest BCUT2D eigenvalue weighted by molar-refractivity contribution is 0.00578. The second-order valence-electron chi connectivity index (χ2n) is 6.35. The molecule has 0 radical (unpaired) electrons. The lowest BCUT2D eigenvalue weighted by Gasteiger charge is -2.32. The van der Waals surface area contributed by atoms with Crippen molar-refractivity contribution in [3.8, 4) is 11.8 Å². The van der Waals surface area contributed by atoms with Crippen LogP contribution in [0.25, 0.3) is 6.08 Å². The molecule has 116 valence electrons. The van der Waals surface area contributed by atoms with Crippen LogP contribution in [-0.2, 0) is 9.31 Å². The van der Waals surface area contributed by atoms with Crippen LogP contribution in [0.5, 0.6) is 5.75 Å². The van der Waals surface area contributed by atoms with E-state index in [0.717, 1.165) is 0 Å². The summed E-state index contributed by atoms with van der Waals surface area (Å²) in [4.78, 5) is 0. The number of phenols is 1. The molecule has 0 aliphatic carbocycles. The van der Waals surface area contributed by atoms with Crippen LogP contribution in [0.1, 0.15) is 38.8 Å². The van der Waals surface area contributed by atoms with E-state index < -0.39 is 18.3 Å². The van der Waals surface area contributed by atoms with Gasteiger partial charge in [0.05, 0.1) is 29.4 Å². The van der Waals surface area contributed by atoms with Crippen molar-refractivity contribution in [2.24, 2.45) is 0 Å². The molecule has 1 aromatic rings. The number of hydrogen-bond donors (Lipinski definition) is 2. The molecule has 6 heteroatoms. The van der Waals surface area contributed by atoms with Crippen molar-refractivity contribution in [3.05, 3.63) is 34.8 Å². The van der Waals surface area contributed by atoms with E-state index in [9.17, 15) is 10.2 Å². The van der Waals surface area contributed by atoms with E-state index in [2.05, 4.69) is 0 Å². The molecule has 1 aliphatic heterocycles. The van der Waals surface area contributed by atoms with Crippen LogP contribution in [0.2, 0.25) is 0 Å². The first-order chi connectivity index (χ1) is 10.2. The smallest absolute Gasteiger partial charge is 0.492 e. The number of rotatable bonds is 3. The van der Waals surface area contributed by atoms with Crippen LogP contribution in [-0.4, -0.2) is 35.1 Å². The number of aliphatic hydroxyl groups is 1. The Bertz CT molecular complexity index is 630. The minimum Gasteiger partial charge on any atom is -0.507 e. The monoisotopic (exact) mass is 301 g/mol. The van der Waals surface area contributed by atoms with E-state index in [4.69, 9.17) is 14.6 Å². The molecule has 1 fully saturated rings. The van der Waals surface area contributed by atoms with Gasteiger partial charge in [0.1, 0.15) is 5.75 Å². The molecule has 0 atom stereocenters. The molecule has 0 aromatic heterocycles. The zero-order valence-electron chi connectivity index (χ0n) is 13.3. The van der Waals surface area contributed by atoms with E-state index in [1.807, 2.05) is 33.8 Å². The normalized spacial score (nSPS) is 20.0. The molecule has 1 saturated heterocycles. The average molecular weight is 301 g/mol. The highest BCUT2D eigenvalue weighted by atomic mass is 16.7. The predicted octanol–water partition coefficient (Wildman–Crippen LogP) is 2.27. The molecule has 1 aliphatic rings. The highest BCUT2D eigenvalue weighted by Crippen LogP contribution is 2.39. The van der Waals surface area contributed by atoms with Crippen LogP contribution < -0.4 is 0 Å². The number of benzene rings is 1. The van der Waals surface area contributed by atoms with Gasteiger partial charge in [0.25, 0.3) is 0 Å².